The van der Waals surface area contributed by atoms with E-state index in [0.717, 1.165) is 34.3 Å². The smallest absolute Gasteiger partial charge is 0.268 e. The van der Waals surface area contributed by atoms with E-state index in [-0.39, 0.29) is 5.41 Å². The average Bonchev–Trinajstić information content (AvgIpc) is 3.29. The Morgan fingerprint density at radius 3 is 2.34 bits per heavy atom. The van der Waals surface area contributed by atoms with Gasteiger partial charge in [-0.2, -0.15) is 5.10 Å². The van der Waals surface area contributed by atoms with Gasteiger partial charge in [0.15, 0.2) is 5.69 Å². The van der Waals surface area contributed by atoms with Crippen molar-refractivity contribution in [3.8, 4) is 28.7 Å². The largest absolute Gasteiger partial charge is 0.418 e. The Morgan fingerprint density at radius 1 is 0.902 bits per heavy atom. The Bertz CT molecular complexity index is 1860. The summed E-state index contributed by atoms with van der Waals surface area (Å²) in [6, 6.07) is 21.0. The van der Waals surface area contributed by atoms with Crippen LogP contribution in [0.4, 0.5) is 0 Å². The first kappa shape index (κ1) is 26.4. The molecule has 3 aromatic heterocycles. The molecule has 1 fully saturated rings. The van der Waals surface area contributed by atoms with Gasteiger partial charge in [0.1, 0.15) is 18.5 Å². The van der Waals surface area contributed by atoms with Crippen LogP contribution in [0.3, 0.4) is 0 Å². The fraction of sp³-hybridized carbons (Fsp3) is 0.138. The molecule has 0 amide bonds. The third kappa shape index (κ3) is 4.86. The highest BCUT2D eigenvalue weighted by Gasteiger charge is 2.51. The topological polar surface area (TPSA) is 87.5 Å². The summed E-state index contributed by atoms with van der Waals surface area (Å²) in [5.41, 5.74) is 3.61. The van der Waals surface area contributed by atoms with Crippen LogP contribution in [0.5, 0.6) is 0 Å². The van der Waals surface area contributed by atoms with Gasteiger partial charge in [-0.3, -0.25) is 4.57 Å². The van der Waals surface area contributed by atoms with Gasteiger partial charge in [-0.25, -0.2) is 14.6 Å². The van der Waals surface area contributed by atoms with Crippen molar-refractivity contribution in [2.75, 3.05) is 0 Å². The molecule has 3 aromatic carbocycles. The molecule has 0 atom stereocenters. The maximum absolute atomic E-state index is 6.72. The Morgan fingerprint density at radius 2 is 1.66 bits per heavy atom. The second kappa shape index (κ2) is 10.4. The number of nitrogens with zero attached hydrogens (tertiary/aromatic N) is 7. The maximum Gasteiger partial charge on any atom is 0.268 e. The minimum Gasteiger partial charge on any atom is -0.418 e. The lowest BCUT2D eigenvalue weighted by molar-refractivity contribution is 0.470. The molecule has 41 heavy (non-hydrogen) atoms. The van der Waals surface area contributed by atoms with Gasteiger partial charge in [0.25, 0.3) is 5.89 Å². The van der Waals surface area contributed by atoms with E-state index in [1.54, 1.807) is 23.1 Å². The van der Waals surface area contributed by atoms with Gasteiger partial charge in [0.05, 0.1) is 22.7 Å². The minimum atomic E-state index is -0.335. The molecule has 1 aliphatic rings. The summed E-state index contributed by atoms with van der Waals surface area (Å²) in [6.45, 7) is 0.337. The highest BCUT2D eigenvalue weighted by Crippen LogP contribution is 2.53. The molecule has 0 spiro atoms. The fourth-order valence-electron chi connectivity index (χ4n) is 4.99. The second-order valence-corrected chi connectivity index (χ2v) is 12.0. The van der Waals surface area contributed by atoms with Gasteiger partial charge in [0, 0.05) is 25.8 Å². The summed E-state index contributed by atoms with van der Waals surface area (Å²) in [5, 5.41) is 15.0. The number of benzene rings is 3. The Balaban J connectivity index is 1.43. The molecule has 0 aliphatic heterocycles. The Labute approximate surface area is 258 Å². The molecule has 12 heteroatoms. The average molecular weight is 668 g/mol. The zero-order valence-corrected chi connectivity index (χ0v) is 25.0. The van der Waals surface area contributed by atoms with Gasteiger partial charge in [-0.05, 0) is 73.0 Å². The predicted molar refractivity (Wildman–Crippen MR) is 161 cm³/mol. The molecule has 0 N–H and O–H groups in total. The predicted octanol–water partition coefficient (Wildman–Crippen LogP) is 8.03. The first-order valence-electron chi connectivity index (χ1n) is 12.7. The highest BCUT2D eigenvalue weighted by atomic mass is 79.9. The summed E-state index contributed by atoms with van der Waals surface area (Å²) >= 11 is 22.6. The summed E-state index contributed by atoms with van der Waals surface area (Å²) in [5.74, 6) is 1.45. The number of rotatable bonds is 7. The zero-order valence-electron chi connectivity index (χ0n) is 21.2. The molecule has 204 valence electrons. The van der Waals surface area contributed by atoms with Crippen LogP contribution < -0.4 is 0 Å². The van der Waals surface area contributed by atoms with Gasteiger partial charge < -0.3 is 4.42 Å². The number of hydrogen-bond donors (Lipinski definition) is 0. The van der Waals surface area contributed by atoms with E-state index in [9.17, 15) is 0 Å². The van der Waals surface area contributed by atoms with Crippen LogP contribution >= 0.6 is 50.7 Å². The number of hydrogen-bond acceptors (Lipinski definition) is 6. The lowest BCUT2D eigenvalue weighted by Gasteiger charge is -2.14. The highest BCUT2D eigenvalue weighted by molar-refractivity contribution is 9.10. The summed E-state index contributed by atoms with van der Waals surface area (Å²) in [6.07, 6.45) is 4.95. The Kier molecular flexibility index (Phi) is 6.70. The lowest BCUT2D eigenvalue weighted by Crippen LogP contribution is -2.09. The van der Waals surface area contributed by atoms with E-state index in [2.05, 4.69) is 36.2 Å². The normalized spacial score (nSPS) is 14.0. The zero-order chi connectivity index (χ0) is 28.1. The molecule has 6 aromatic rings. The van der Waals surface area contributed by atoms with Gasteiger partial charge in [-0.1, -0.05) is 62.9 Å². The molecule has 8 nitrogen and oxygen atoms in total. The molecular formula is C29H19BrCl3N7O. The molecule has 0 unspecified atom stereocenters. The summed E-state index contributed by atoms with van der Waals surface area (Å²) in [4.78, 5) is 9.20. The van der Waals surface area contributed by atoms with E-state index in [1.165, 1.54) is 6.33 Å². The first-order chi connectivity index (χ1) is 19.9. The van der Waals surface area contributed by atoms with Crippen molar-refractivity contribution in [3.63, 3.8) is 0 Å². The van der Waals surface area contributed by atoms with Gasteiger partial charge in [0.2, 0.25) is 5.89 Å². The van der Waals surface area contributed by atoms with Crippen molar-refractivity contribution < 1.29 is 4.42 Å². The standard InChI is InChI=1S/C29H19BrCl3N7O/c30-18-3-8-21(9-4-18)40-24(14-39-16-34-15-35-39)25(36-26(40)22-10-7-20(32)13-23(22)33)27-37-38-28(41-27)29(11-12-29)17-1-5-19(31)6-2-17/h1-10,13,15-16H,11-12,14H2. The van der Waals surface area contributed by atoms with Crippen molar-refractivity contribution >= 4 is 50.7 Å². The van der Waals surface area contributed by atoms with Crippen molar-refractivity contribution in [1.29, 1.82) is 0 Å². The minimum absolute atomic E-state index is 0.303. The van der Waals surface area contributed by atoms with Crippen molar-refractivity contribution in [1.82, 2.24) is 34.5 Å². The van der Waals surface area contributed by atoms with Crippen LogP contribution in [0.1, 0.15) is 30.0 Å². The third-order valence-corrected chi connectivity index (χ3v) is 8.52. The van der Waals surface area contributed by atoms with Gasteiger partial charge >= 0.3 is 0 Å². The third-order valence-electron chi connectivity index (χ3n) is 7.19. The van der Waals surface area contributed by atoms with Gasteiger partial charge in [-0.15, -0.1) is 10.2 Å². The van der Waals surface area contributed by atoms with Crippen LogP contribution in [0.2, 0.25) is 15.1 Å². The molecule has 1 saturated carbocycles. The van der Waals surface area contributed by atoms with E-state index in [4.69, 9.17) is 44.2 Å². The lowest BCUT2D eigenvalue weighted by atomic mass is 9.96. The Hall–Kier alpha value is -3.50. The summed E-state index contributed by atoms with van der Waals surface area (Å²) in [7, 11) is 0. The molecule has 0 saturated heterocycles. The number of halogens is 4. The van der Waals surface area contributed by atoms with E-state index < -0.39 is 0 Å². The number of imidazole rings is 1. The first-order valence-corrected chi connectivity index (χ1v) is 14.6. The molecule has 3 heterocycles. The quantitative estimate of drug-likeness (QED) is 0.171. The monoisotopic (exact) mass is 665 g/mol. The molecular weight excluding hydrogens is 649 g/mol. The van der Waals surface area contributed by atoms with Crippen molar-refractivity contribution in [2.45, 2.75) is 24.8 Å². The van der Waals surface area contributed by atoms with E-state index in [0.29, 0.717) is 50.5 Å². The molecule has 0 radical (unpaired) electrons. The molecule has 7 rings (SSSR count). The van der Waals surface area contributed by atoms with Crippen LogP contribution in [0.25, 0.3) is 28.7 Å². The van der Waals surface area contributed by atoms with Crippen molar-refractivity contribution in [3.05, 3.63) is 116 Å². The van der Waals surface area contributed by atoms with Crippen LogP contribution in [0, 0.1) is 0 Å². The SMILES string of the molecule is Clc1ccc(C2(c3nnc(-c4nc(-c5ccc(Cl)cc5Cl)n(-c5ccc(Br)cc5)c4Cn4cncn4)o3)CC2)cc1. The van der Waals surface area contributed by atoms with Crippen molar-refractivity contribution in [2.24, 2.45) is 0 Å². The summed E-state index contributed by atoms with van der Waals surface area (Å²) < 4.78 is 11.1. The number of aromatic nitrogens is 7. The maximum atomic E-state index is 6.72. The van der Waals surface area contributed by atoms with E-state index in [1.807, 2.05) is 59.2 Å². The second-order valence-electron chi connectivity index (χ2n) is 9.76. The van der Waals surface area contributed by atoms with E-state index >= 15 is 0 Å². The van der Waals surface area contributed by atoms with Crippen LogP contribution in [0.15, 0.2) is 88.3 Å². The van der Waals surface area contributed by atoms with Crippen LogP contribution in [-0.4, -0.2) is 34.5 Å². The van der Waals surface area contributed by atoms with Crippen LogP contribution in [-0.2, 0) is 12.0 Å². The molecule has 1 aliphatic carbocycles. The fourth-order valence-corrected chi connectivity index (χ4v) is 5.87. The molecule has 0 bridgehead atoms.